The lowest BCUT2D eigenvalue weighted by Crippen LogP contribution is -1.99. The van der Waals surface area contributed by atoms with Gasteiger partial charge in [-0.2, -0.15) is 0 Å². The van der Waals surface area contributed by atoms with Crippen LogP contribution in [0.4, 0.5) is 0 Å². The summed E-state index contributed by atoms with van der Waals surface area (Å²) in [6, 6.07) is 11.9. The molecule has 102 valence electrons. The Hall–Kier alpha value is -0.850. The van der Waals surface area contributed by atoms with E-state index in [0.29, 0.717) is 0 Å². The lowest BCUT2D eigenvalue weighted by molar-refractivity contribution is 1.16. The van der Waals surface area contributed by atoms with Gasteiger partial charge in [-0.1, -0.05) is 53.9 Å². The smallest absolute Gasteiger partial charge is 0.306 e. The van der Waals surface area contributed by atoms with Crippen LogP contribution in [0.2, 0.25) is 0 Å². The fourth-order valence-electron chi connectivity index (χ4n) is 2.10. The van der Waals surface area contributed by atoms with Gasteiger partial charge < -0.3 is 9.97 Å². The second-order valence-electron chi connectivity index (χ2n) is 4.41. The molecule has 20 heavy (non-hydrogen) atoms. The monoisotopic (exact) mass is 458 g/mol. The Bertz CT molecular complexity index is 838. The van der Waals surface area contributed by atoms with Crippen molar-refractivity contribution in [3.63, 3.8) is 0 Å². The van der Waals surface area contributed by atoms with Gasteiger partial charge in [0.25, 0.3) is 0 Å². The predicted octanol–water partition coefficient (Wildman–Crippen LogP) is 4.87. The highest BCUT2D eigenvalue weighted by Gasteiger charge is 2.15. The summed E-state index contributed by atoms with van der Waals surface area (Å²) >= 11 is 10.8. The quantitative estimate of drug-likeness (QED) is 0.527. The number of halogens is 3. The number of rotatable bonds is 2. The van der Waals surface area contributed by atoms with Crippen molar-refractivity contribution in [1.82, 2.24) is 9.97 Å². The summed E-state index contributed by atoms with van der Waals surface area (Å²) in [6.45, 7) is 0. The third-order valence-corrected chi connectivity index (χ3v) is 5.30. The molecule has 0 aliphatic rings. The molecule has 0 saturated heterocycles. The predicted molar refractivity (Wildman–Crippen MR) is 91.5 cm³/mol. The minimum atomic E-state index is -0.188. The van der Waals surface area contributed by atoms with Gasteiger partial charge in [0.15, 0.2) is 0 Å². The first-order valence-corrected chi connectivity index (χ1v) is 8.36. The second-order valence-corrected chi connectivity index (χ2v) is 7.10. The van der Waals surface area contributed by atoms with Crippen LogP contribution in [0.1, 0.15) is 16.0 Å². The molecule has 3 nitrogen and oxygen atoms in total. The number of fused-ring (bicyclic) bond motifs is 1. The molecule has 0 fully saturated rings. The zero-order valence-electron chi connectivity index (χ0n) is 10.1. The van der Waals surface area contributed by atoms with Crippen molar-refractivity contribution in [3.8, 4) is 0 Å². The maximum absolute atomic E-state index is 11.3. The normalized spacial score (nSPS) is 12.8. The van der Waals surface area contributed by atoms with E-state index in [1.165, 1.54) is 0 Å². The molecule has 6 heteroatoms. The largest absolute Gasteiger partial charge is 0.323 e. The minimum Gasteiger partial charge on any atom is -0.306 e. The number of hydrogen-bond acceptors (Lipinski definition) is 1. The van der Waals surface area contributed by atoms with E-state index in [4.69, 9.17) is 0 Å². The molecule has 1 atom stereocenters. The molecule has 1 heterocycles. The molecule has 0 aliphatic heterocycles. The van der Waals surface area contributed by atoms with Crippen LogP contribution in [0.5, 0.6) is 0 Å². The van der Waals surface area contributed by atoms with Crippen molar-refractivity contribution in [1.29, 1.82) is 0 Å². The van der Waals surface area contributed by atoms with Gasteiger partial charge in [0.05, 0.1) is 15.9 Å². The van der Waals surface area contributed by atoms with Crippen molar-refractivity contribution in [3.05, 3.63) is 67.0 Å². The van der Waals surface area contributed by atoms with Crippen LogP contribution in [0, 0.1) is 0 Å². The Morgan fingerprint density at radius 2 is 1.70 bits per heavy atom. The first-order valence-electron chi connectivity index (χ1n) is 5.85. The molecule has 0 radical (unpaired) electrons. The maximum Gasteiger partial charge on any atom is 0.323 e. The Morgan fingerprint density at radius 1 is 0.950 bits per heavy atom. The van der Waals surface area contributed by atoms with Gasteiger partial charge in [-0.15, -0.1) is 0 Å². The van der Waals surface area contributed by atoms with Crippen molar-refractivity contribution in [2.24, 2.45) is 0 Å². The van der Waals surface area contributed by atoms with E-state index in [1.807, 2.05) is 30.3 Å². The highest BCUT2D eigenvalue weighted by molar-refractivity contribution is 9.11. The zero-order chi connectivity index (χ0) is 14.3. The number of alkyl halides is 1. The van der Waals surface area contributed by atoms with E-state index < -0.39 is 0 Å². The van der Waals surface area contributed by atoms with Crippen LogP contribution < -0.4 is 5.69 Å². The second kappa shape index (κ2) is 5.50. The molecule has 1 unspecified atom stereocenters. The molecule has 0 aliphatic carbocycles. The van der Waals surface area contributed by atoms with Gasteiger partial charge in [0, 0.05) is 8.95 Å². The zero-order valence-corrected chi connectivity index (χ0v) is 14.8. The van der Waals surface area contributed by atoms with Crippen LogP contribution in [-0.4, -0.2) is 9.97 Å². The van der Waals surface area contributed by atoms with Crippen molar-refractivity contribution in [2.75, 3.05) is 0 Å². The number of hydrogen-bond donors (Lipinski definition) is 2. The number of aromatic nitrogens is 2. The van der Waals surface area contributed by atoms with E-state index in [9.17, 15) is 4.79 Å². The number of aromatic amines is 2. The molecule has 0 saturated carbocycles. The first kappa shape index (κ1) is 14.1. The van der Waals surface area contributed by atoms with Crippen molar-refractivity contribution in [2.45, 2.75) is 4.83 Å². The van der Waals surface area contributed by atoms with E-state index >= 15 is 0 Å². The number of H-pyrrole nitrogens is 2. The molecule has 0 amide bonds. The molecule has 3 rings (SSSR count). The van der Waals surface area contributed by atoms with E-state index in [0.717, 1.165) is 31.1 Å². The molecule has 0 spiro atoms. The molecular formula is C14H9Br3N2O. The van der Waals surface area contributed by atoms with Crippen molar-refractivity contribution >= 4 is 58.8 Å². The van der Waals surface area contributed by atoms with Gasteiger partial charge >= 0.3 is 5.69 Å². The van der Waals surface area contributed by atoms with Gasteiger partial charge in [0.2, 0.25) is 0 Å². The molecule has 2 N–H and O–H groups in total. The Kier molecular flexibility index (Phi) is 3.88. The Balaban J connectivity index is 2.09. The summed E-state index contributed by atoms with van der Waals surface area (Å²) in [5.41, 5.74) is 3.63. The maximum atomic E-state index is 11.3. The summed E-state index contributed by atoms with van der Waals surface area (Å²) in [4.78, 5) is 16.9. The molecule has 1 aromatic heterocycles. The molecular weight excluding hydrogens is 452 g/mol. The molecule has 2 aromatic carbocycles. The van der Waals surface area contributed by atoms with Crippen LogP contribution in [-0.2, 0) is 0 Å². The summed E-state index contributed by atoms with van der Waals surface area (Å²) in [5, 5.41) is 0. The average Bonchev–Trinajstić information content (AvgIpc) is 2.79. The van der Waals surface area contributed by atoms with Crippen molar-refractivity contribution < 1.29 is 0 Å². The Labute approximate surface area is 140 Å². The fourth-order valence-corrected chi connectivity index (χ4v) is 3.92. The third kappa shape index (κ3) is 2.64. The number of benzene rings is 2. The average molecular weight is 461 g/mol. The van der Waals surface area contributed by atoms with Gasteiger partial charge in [-0.3, -0.25) is 0 Å². The summed E-state index contributed by atoms with van der Waals surface area (Å²) in [6.07, 6.45) is 0. The summed E-state index contributed by atoms with van der Waals surface area (Å²) in [5.74, 6) is 0. The fraction of sp³-hybridized carbons (Fsp3) is 0.0714. The van der Waals surface area contributed by atoms with Gasteiger partial charge in [-0.05, 0) is 41.5 Å². The Morgan fingerprint density at radius 3 is 2.50 bits per heavy atom. The standard InChI is InChI=1S/C14H9Br3N2O/c15-8-2-3-10(16)9(6-8)13(17)7-1-4-11-12(5-7)19-14(20)18-11/h1-6,13H,(H2,18,19,20). The lowest BCUT2D eigenvalue weighted by Gasteiger charge is -2.13. The summed E-state index contributed by atoms with van der Waals surface area (Å²) in [7, 11) is 0. The van der Waals surface area contributed by atoms with Crippen LogP contribution in [0.25, 0.3) is 11.0 Å². The van der Waals surface area contributed by atoms with Crippen LogP contribution >= 0.6 is 47.8 Å². The minimum absolute atomic E-state index is 0.0391. The molecule has 3 aromatic rings. The highest BCUT2D eigenvalue weighted by atomic mass is 79.9. The molecule has 0 bridgehead atoms. The van der Waals surface area contributed by atoms with E-state index in [2.05, 4.69) is 63.8 Å². The van der Waals surface area contributed by atoms with Crippen LogP contribution in [0.15, 0.2) is 50.1 Å². The van der Waals surface area contributed by atoms with E-state index in [1.54, 1.807) is 0 Å². The first-order chi connectivity index (χ1) is 9.54. The number of imidazole rings is 1. The van der Waals surface area contributed by atoms with E-state index in [-0.39, 0.29) is 10.5 Å². The SMILES string of the molecule is O=c1[nH]c2ccc(C(Br)c3cc(Br)ccc3Br)cc2[nH]1. The topological polar surface area (TPSA) is 48.6 Å². The van der Waals surface area contributed by atoms with Gasteiger partial charge in [-0.25, -0.2) is 4.79 Å². The lowest BCUT2D eigenvalue weighted by atomic mass is 10.0. The summed E-state index contributed by atoms with van der Waals surface area (Å²) < 4.78 is 2.06. The third-order valence-electron chi connectivity index (χ3n) is 3.06. The van der Waals surface area contributed by atoms with Gasteiger partial charge in [0.1, 0.15) is 0 Å². The highest BCUT2D eigenvalue weighted by Crippen LogP contribution is 2.37. The van der Waals surface area contributed by atoms with Crippen LogP contribution in [0.3, 0.4) is 0 Å². The number of nitrogens with one attached hydrogen (secondary N) is 2.